The summed E-state index contributed by atoms with van der Waals surface area (Å²) in [6.07, 6.45) is 3.08. The van der Waals surface area contributed by atoms with Crippen molar-refractivity contribution in [2.24, 2.45) is 5.10 Å². The number of hydrogen-bond donors (Lipinski definition) is 2. The van der Waals surface area contributed by atoms with Crippen LogP contribution in [0.3, 0.4) is 0 Å². The van der Waals surface area contributed by atoms with E-state index in [1.807, 2.05) is 6.92 Å². The van der Waals surface area contributed by atoms with Crippen LogP contribution in [0.25, 0.3) is 0 Å². The molecule has 0 aromatic heterocycles. The van der Waals surface area contributed by atoms with Crippen LogP contribution in [0.15, 0.2) is 21.7 Å². The lowest BCUT2D eigenvalue weighted by molar-refractivity contribution is -0.139. The first-order valence-corrected chi connectivity index (χ1v) is 10.7. The monoisotopic (exact) mass is 498 g/mol. The fourth-order valence-corrected chi connectivity index (χ4v) is 3.24. The molecule has 1 aliphatic heterocycles. The minimum Gasteiger partial charge on any atom is -0.493 e. The summed E-state index contributed by atoms with van der Waals surface area (Å²) >= 11 is 3.40. The first-order valence-electron chi connectivity index (χ1n) is 9.93. The van der Waals surface area contributed by atoms with Crippen molar-refractivity contribution in [3.8, 4) is 11.5 Å². The summed E-state index contributed by atoms with van der Waals surface area (Å²) in [7, 11) is 1.47. The minimum absolute atomic E-state index is 0.133. The molecule has 10 nitrogen and oxygen atoms in total. The Morgan fingerprint density at radius 1 is 1.26 bits per heavy atom. The number of hydrazone groups is 1. The summed E-state index contributed by atoms with van der Waals surface area (Å²) in [5.74, 6) is -0.962. The van der Waals surface area contributed by atoms with Crippen LogP contribution in [0.5, 0.6) is 11.5 Å². The lowest BCUT2D eigenvalue weighted by atomic mass is 10.2. The molecule has 1 aromatic rings. The van der Waals surface area contributed by atoms with Gasteiger partial charge in [0.2, 0.25) is 0 Å². The van der Waals surface area contributed by atoms with E-state index in [1.54, 1.807) is 17.0 Å². The third-order valence-corrected chi connectivity index (χ3v) is 4.95. The van der Waals surface area contributed by atoms with Gasteiger partial charge in [0.05, 0.1) is 31.0 Å². The van der Waals surface area contributed by atoms with Gasteiger partial charge in [0.1, 0.15) is 0 Å². The second-order valence-corrected chi connectivity index (χ2v) is 7.48. The number of halogens is 1. The number of hydrogen-bond acceptors (Lipinski definition) is 7. The van der Waals surface area contributed by atoms with Crippen molar-refractivity contribution in [3.05, 3.63) is 22.2 Å². The standard InChI is InChI=1S/C20H27BrN4O6/c1-3-4-5-22-19(27)20(28)24-23-12-14-10-15(21)18(16(11-14)29-2)31-13-17(26)25-6-8-30-9-7-25/h10-12H,3-9,13H2,1-2H3,(H,22,27)(H,24,28)/b23-12-. The molecular formula is C20H27BrN4O6. The number of nitrogens with zero attached hydrogens (tertiary/aromatic N) is 2. The van der Waals surface area contributed by atoms with Crippen molar-refractivity contribution in [1.29, 1.82) is 0 Å². The van der Waals surface area contributed by atoms with Crippen LogP contribution in [0.4, 0.5) is 0 Å². The number of nitrogens with one attached hydrogen (secondary N) is 2. The van der Waals surface area contributed by atoms with Crippen LogP contribution in [0, 0.1) is 0 Å². The molecule has 0 atom stereocenters. The second kappa shape index (κ2) is 12.9. The Morgan fingerprint density at radius 2 is 2.00 bits per heavy atom. The molecule has 0 radical (unpaired) electrons. The summed E-state index contributed by atoms with van der Waals surface area (Å²) in [4.78, 5) is 37.3. The summed E-state index contributed by atoms with van der Waals surface area (Å²) in [5, 5.41) is 6.30. The number of unbranched alkanes of at least 4 members (excludes halogenated alkanes) is 1. The van der Waals surface area contributed by atoms with Crippen LogP contribution in [0.1, 0.15) is 25.3 Å². The van der Waals surface area contributed by atoms with Gasteiger partial charge in [-0.15, -0.1) is 0 Å². The topological polar surface area (TPSA) is 119 Å². The maximum Gasteiger partial charge on any atom is 0.329 e. The van der Waals surface area contributed by atoms with E-state index in [2.05, 4.69) is 31.8 Å². The molecule has 0 bridgehead atoms. The smallest absolute Gasteiger partial charge is 0.329 e. The highest BCUT2D eigenvalue weighted by Crippen LogP contribution is 2.36. The van der Waals surface area contributed by atoms with Crippen LogP contribution in [-0.2, 0) is 19.1 Å². The molecule has 1 aliphatic rings. The number of amides is 3. The largest absolute Gasteiger partial charge is 0.493 e. The number of rotatable bonds is 9. The molecule has 0 aliphatic carbocycles. The molecule has 1 heterocycles. The summed E-state index contributed by atoms with van der Waals surface area (Å²) in [6.45, 7) is 4.41. The Balaban J connectivity index is 1.95. The third kappa shape index (κ3) is 7.83. The summed E-state index contributed by atoms with van der Waals surface area (Å²) < 4.78 is 16.8. The molecule has 0 unspecified atom stereocenters. The van der Waals surface area contributed by atoms with Crippen molar-refractivity contribution in [3.63, 3.8) is 0 Å². The molecule has 31 heavy (non-hydrogen) atoms. The van der Waals surface area contributed by atoms with Crippen molar-refractivity contribution in [1.82, 2.24) is 15.6 Å². The Kier molecular flexibility index (Phi) is 10.2. The average Bonchev–Trinajstić information content (AvgIpc) is 2.78. The third-order valence-electron chi connectivity index (χ3n) is 4.36. The molecule has 1 aromatic carbocycles. The Labute approximate surface area is 189 Å². The lowest BCUT2D eigenvalue weighted by Gasteiger charge is -2.26. The van der Waals surface area contributed by atoms with Gasteiger partial charge in [0.25, 0.3) is 5.91 Å². The highest BCUT2D eigenvalue weighted by atomic mass is 79.9. The molecule has 170 valence electrons. The van der Waals surface area contributed by atoms with Crippen LogP contribution in [0.2, 0.25) is 0 Å². The van der Waals surface area contributed by atoms with Crippen LogP contribution in [-0.4, -0.2) is 75.4 Å². The first kappa shape index (κ1) is 24.6. The number of carbonyl (C=O) groups is 3. The van der Waals surface area contributed by atoms with Crippen molar-refractivity contribution >= 4 is 39.9 Å². The van der Waals surface area contributed by atoms with E-state index in [4.69, 9.17) is 14.2 Å². The van der Waals surface area contributed by atoms with E-state index < -0.39 is 11.8 Å². The maximum atomic E-state index is 12.3. The molecule has 0 saturated carbocycles. The fraction of sp³-hybridized carbons (Fsp3) is 0.500. The zero-order valence-electron chi connectivity index (χ0n) is 17.6. The highest BCUT2D eigenvalue weighted by molar-refractivity contribution is 9.10. The Hall–Kier alpha value is -2.66. The quantitative estimate of drug-likeness (QED) is 0.227. The zero-order valence-corrected chi connectivity index (χ0v) is 19.2. The number of morpholine rings is 1. The highest BCUT2D eigenvalue weighted by Gasteiger charge is 2.19. The maximum absolute atomic E-state index is 12.3. The number of carbonyl (C=O) groups excluding carboxylic acids is 3. The van der Waals surface area contributed by atoms with Gasteiger partial charge in [0.15, 0.2) is 18.1 Å². The average molecular weight is 499 g/mol. The second-order valence-electron chi connectivity index (χ2n) is 6.62. The predicted octanol–water partition coefficient (Wildman–Crippen LogP) is 1.06. The zero-order chi connectivity index (χ0) is 22.6. The van der Waals surface area contributed by atoms with E-state index in [1.165, 1.54) is 13.3 Å². The summed E-state index contributed by atoms with van der Waals surface area (Å²) in [5.41, 5.74) is 2.76. The van der Waals surface area contributed by atoms with E-state index in [9.17, 15) is 14.4 Å². The molecule has 2 rings (SSSR count). The number of methoxy groups -OCH3 is 1. The molecule has 1 fully saturated rings. The normalized spacial score (nSPS) is 13.7. The van der Waals surface area contributed by atoms with Crippen molar-refractivity contribution < 1.29 is 28.6 Å². The van der Waals surface area contributed by atoms with E-state index >= 15 is 0 Å². The minimum atomic E-state index is -0.847. The number of ether oxygens (including phenoxy) is 3. The van der Waals surface area contributed by atoms with Gasteiger partial charge in [-0.25, -0.2) is 5.43 Å². The van der Waals surface area contributed by atoms with Crippen LogP contribution < -0.4 is 20.2 Å². The van der Waals surface area contributed by atoms with Crippen molar-refractivity contribution in [2.45, 2.75) is 19.8 Å². The Morgan fingerprint density at radius 3 is 2.68 bits per heavy atom. The summed E-state index contributed by atoms with van der Waals surface area (Å²) in [6, 6.07) is 3.32. The van der Waals surface area contributed by atoms with Gasteiger partial charge in [-0.3, -0.25) is 14.4 Å². The first-order chi connectivity index (χ1) is 15.0. The molecular weight excluding hydrogens is 472 g/mol. The molecule has 2 N–H and O–H groups in total. The van der Waals surface area contributed by atoms with Gasteiger partial charge >= 0.3 is 11.8 Å². The molecule has 11 heteroatoms. The van der Waals surface area contributed by atoms with E-state index in [0.717, 1.165) is 12.8 Å². The number of benzene rings is 1. The molecule has 0 spiro atoms. The van der Waals surface area contributed by atoms with E-state index in [0.29, 0.717) is 54.4 Å². The van der Waals surface area contributed by atoms with Crippen LogP contribution >= 0.6 is 15.9 Å². The fourth-order valence-electron chi connectivity index (χ4n) is 2.67. The van der Waals surface area contributed by atoms with Gasteiger partial charge in [-0.05, 0) is 40.0 Å². The molecule has 3 amide bonds. The Bertz CT molecular complexity index is 811. The van der Waals surface area contributed by atoms with Gasteiger partial charge in [-0.2, -0.15) is 5.10 Å². The van der Waals surface area contributed by atoms with E-state index in [-0.39, 0.29) is 12.5 Å². The SMILES string of the molecule is CCCCNC(=O)C(=O)N/N=C\c1cc(Br)c(OCC(=O)N2CCOCC2)c(OC)c1. The van der Waals surface area contributed by atoms with Crippen molar-refractivity contribution in [2.75, 3.05) is 46.6 Å². The lowest BCUT2D eigenvalue weighted by Crippen LogP contribution is -2.43. The predicted molar refractivity (Wildman–Crippen MR) is 117 cm³/mol. The van der Waals surface area contributed by atoms with Gasteiger partial charge in [-0.1, -0.05) is 13.3 Å². The molecule has 1 saturated heterocycles. The van der Waals surface area contributed by atoms with Gasteiger partial charge in [0, 0.05) is 19.6 Å². The van der Waals surface area contributed by atoms with Gasteiger partial charge < -0.3 is 24.4 Å².